The third-order valence-corrected chi connectivity index (χ3v) is 7.25. The van der Waals surface area contributed by atoms with E-state index in [0.29, 0.717) is 29.0 Å². The number of carbonyl (C=O) groups excluding carboxylic acids is 3. The molecule has 0 aromatic heterocycles. The SMILES string of the molecule is Cc1ccc(NC(=O)[C@@H](C)OC(=O)CCNC(=O)C23CC4CC(CC(C4)C2)C3)cc1F. The lowest BCUT2D eigenvalue weighted by Crippen LogP contribution is -2.53. The molecule has 4 bridgehead atoms. The van der Waals surface area contributed by atoms with Gasteiger partial charge in [-0.1, -0.05) is 6.07 Å². The van der Waals surface area contributed by atoms with Crippen molar-refractivity contribution >= 4 is 23.5 Å². The molecule has 1 aromatic carbocycles. The number of anilines is 1. The normalized spacial score (nSPS) is 29.3. The minimum absolute atomic E-state index is 0.00882. The zero-order valence-corrected chi connectivity index (χ0v) is 18.2. The van der Waals surface area contributed by atoms with E-state index >= 15 is 0 Å². The smallest absolute Gasteiger partial charge is 0.308 e. The van der Waals surface area contributed by atoms with Crippen LogP contribution in [-0.2, 0) is 19.1 Å². The van der Waals surface area contributed by atoms with Gasteiger partial charge < -0.3 is 15.4 Å². The maximum Gasteiger partial charge on any atom is 0.308 e. The highest BCUT2D eigenvalue weighted by Gasteiger charge is 2.54. The van der Waals surface area contributed by atoms with Gasteiger partial charge in [-0.15, -0.1) is 0 Å². The van der Waals surface area contributed by atoms with Gasteiger partial charge in [0.1, 0.15) is 5.82 Å². The first-order chi connectivity index (χ1) is 14.7. The van der Waals surface area contributed by atoms with Crippen molar-refractivity contribution in [3.05, 3.63) is 29.6 Å². The van der Waals surface area contributed by atoms with Gasteiger partial charge in [-0.3, -0.25) is 14.4 Å². The Balaban J connectivity index is 1.20. The van der Waals surface area contributed by atoms with Crippen molar-refractivity contribution in [1.29, 1.82) is 0 Å². The molecule has 0 aliphatic heterocycles. The fraction of sp³-hybridized carbons (Fsp3) is 0.625. The Labute approximate surface area is 182 Å². The Hall–Kier alpha value is -2.44. The summed E-state index contributed by atoms with van der Waals surface area (Å²) in [5.74, 6) is 0.622. The monoisotopic (exact) mass is 430 g/mol. The van der Waals surface area contributed by atoms with Gasteiger partial charge in [0.2, 0.25) is 5.91 Å². The fourth-order valence-corrected chi connectivity index (χ4v) is 6.08. The van der Waals surface area contributed by atoms with Gasteiger partial charge in [-0.05, 0) is 87.8 Å². The molecule has 0 saturated heterocycles. The number of hydrogen-bond acceptors (Lipinski definition) is 4. The average Bonchev–Trinajstić information content (AvgIpc) is 2.69. The molecule has 5 rings (SSSR count). The van der Waals surface area contributed by atoms with Crippen LogP contribution in [0.25, 0.3) is 0 Å². The Morgan fingerprint density at radius 3 is 2.32 bits per heavy atom. The molecular weight excluding hydrogens is 399 g/mol. The molecule has 168 valence electrons. The summed E-state index contributed by atoms with van der Waals surface area (Å²) in [5.41, 5.74) is 0.543. The molecule has 4 aliphatic rings. The van der Waals surface area contributed by atoms with Crippen LogP contribution in [0.2, 0.25) is 0 Å². The first-order valence-electron chi connectivity index (χ1n) is 11.3. The Bertz CT molecular complexity index is 849. The Morgan fingerprint density at radius 1 is 1.13 bits per heavy atom. The van der Waals surface area contributed by atoms with Crippen LogP contribution in [0.5, 0.6) is 0 Å². The number of esters is 1. The van der Waals surface area contributed by atoms with Gasteiger partial charge in [0.05, 0.1) is 6.42 Å². The van der Waals surface area contributed by atoms with Crippen LogP contribution in [0.15, 0.2) is 18.2 Å². The molecule has 7 heteroatoms. The molecule has 4 saturated carbocycles. The van der Waals surface area contributed by atoms with E-state index in [1.807, 2.05) is 0 Å². The van der Waals surface area contributed by atoms with Crippen molar-refractivity contribution in [3.8, 4) is 0 Å². The van der Waals surface area contributed by atoms with E-state index in [0.717, 1.165) is 19.3 Å². The average molecular weight is 431 g/mol. The van der Waals surface area contributed by atoms with Crippen molar-refractivity contribution in [1.82, 2.24) is 5.32 Å². The van der Waals surface area contributed by atoms with Crippen molar-refractivity contribution in [2.24, 2.45) is 23.2 Å². The molecule has 6 nitrogen and oxygen atoms in total. The highest BCUT2D eigenvalue weighted by atomic mass is 19.1. The van der Waals surface area contributed by atoms with Crippen molar-refractivity contribution in [2.75, 3.05) is 11.9 Å². The summed E-state index contributed by atoms with van der Waals surface area (Å²) in [6.45, 7) is 3.30. The molecule has 0 spiro atoms. The van der Waals surface area contributed by atoms with Gasteiger partial charge in [0, 0.05) is 17.6 Å². The zero-order valence-electron chi connectivity index (χ0n) is 18.2. The van der Waals surface area contributed by atoms with Crippen molar-refractivity contribution in [3.63, 3.8) is 0 Å². The van der Waals surface area contributed by atoms with Crippen LogP contribution < -0.4 is 10.6 Å². The van der Waals surface area contributed by atoms with E-state index in [4.69, 9.17) is 4.74 Å². The number of hydrogen-bond donors (Lipinski definition) is 2. The molecule has 2 N–H and O–H groups in total. The van der Waals surface area contributed by atoms with Gasteiger partial charge in [-0.2, -0.15) is 0 Å². The van der Waals surface area contributed by atoms with E-state index in [-0.39, 0.29) is 24.3 Å². The predicted molar refractivity (Wildman–Crippen MR) is 114 cm³/mol. The van der Waals surface area contributed by atoms with E-state index in [1.54, 1.807) is 19.1 Å². The number of benzene rings is 1. The highest BCUT2D eigenvalue weighted by Crippen LogP contribution is 2.60. The number of amides is 2. The fourth-order valence-electron chi connectivity index (χ4n) is 6.08. The molecule has 0 unspecified atom stereocenters. The van der Waals surface area contributed by atoms with E-state index in [9.17, 15) is 18.8 Å². The van der Waals surface area contributed by atoms with Crippen LogP contribution >= 0.6 is 0 Å². The highest BCUT2D eigenvalue weighted by molar-refractivity contribution is 5.95. The van der Waals surface area contributed by atoms with Gasteiger partial charge in [0.25, 0.3) is 5.91 Å². The molecule has 1 aromatic rings. The molecule has 1 atom stereocenters. The summed E-state index contributed by atoms with van der Waals surface area (Å²) in [6, 6.07) is 4.38. The lowest BCUT2D eigenvalue weighted by Gasteiger charge is -2.55. The zero-order chi connectivity index (χ0) is 22.2. The molecule has 0 radical (unpaired) electrons. The number of nitrogens with one attached hydrogen (secondary N) is 2. The van der Waals surface area contributed by atoms with Gasteiger partial charge >= 0.3 is 5.97 Å². The predicted octanol–water partition coefficient (Wildman–Crippen LogP) is 3.73. The van der Waals surface area contributed by atoms with Crippen molar-refractivity contribution < 1.29 is 23.5 Å². The number of ether oxygens (including phenoxy) is 1. The van der Waals surface area contributed by atoms with Crippen LogP contribution in [0, 0.1) is 35.9 Å². The summed E-state index contributed by atoms with van der Waals surface area (Å²) in [6.07, 6.45) is 5.74. The van der Waals surface area contributed by atoms with E-state index in [1.165, 1.54) is 32.3 Å². The third-order valence-electron chi connectivity index (χ3n) is 7.25. The summed E-state index contributed by atoms with van der Waals surface area (Å²) in [5, 5.41) is 5.48. The molecule has 0 heterocycles. The number of rotatable bonds is 7. The van der Waals surface area contributed by atoms with Crippen LogP contribution in [-0.4, -0.2) is 30.4 Å². The largest absolute Gasteiger partial charge is 0.452 e. The summed E-state index contributed by atoms with van der Waals surface area (Å²) >= 11 is 0. The lowest BCUT2D eigenvalue weighted by molar-refractivity contribution is -0.153. The second-order valence-corrected chi connectivity index (χ2v) is 9.79. The Kier molecular flexibility index (Phi) is 6.04. The second kappa shape index (κ2) is 8.60. The minimum Gasteiger partial charge on any atom is -0.452 e. The quantitative estimate of drug-likeness (QED) is 0.646. The number of halogens is 1. The van der Waals surface area contributed by atoms with E-state index in [2.05, 4.69) is 10.6 Å². The standard InChI is InChI=1S/C24H31FN2O4/c1-14-3-4-19(10-20(14)25)27-22(29)15(2)31-21(28)5-6-26-23(30)24-11-16-7-17(12-24)9-18(8-16)13-24/h3-4,10,15-18H,5-9,11-13H2,1-2H3,(H,26,30)(H,27,29)/t15-,16?,17?,18?,24?/m1/s1. The van der Waals surface area contributed by atoms with Crippen LogP contribution in [0.1, 0.15) is 57.4 Å². The third kappa shape index (κ3) is 4.75. The second-order valence-electron chi connectivity index (χ2n) is 9.79. The molecule has 4 fully saturated rings. The maximum absolute atomic E-state index is 13.6. The van der Waals surface area contributed by atoms with Crippen LogP contribution in [0.3, 0.4) is 0 Å². The van der Waals surface area contributed by atoms with E-state index < -0.39 is 23.8 Å². The Morgan fingerprint density at radius 2 is 1.74 bits per heavy atom. The number of carbonyl (C=O) groups is 3. The van der Waals surface area contributed by atoms with Crippen molar-refractivity contribution in [2.45, 2.75) is 64.9 Å². The summed E-state index contributed by atoms with van der Waals surface area (Å²) < 4.78 is 18.8. The maximum atomic E-state index is 13.6. The first-order valence-corrected chi connectivity index (χ1v) is 11.3. The van der Waals surface area contributed by atoms with Gasteiger partial charge in [-0.25, -0.2) is 4.39 Å². The number of aryl methyl sites for hydroxylation is 1. The van der Waals surface area contributed by atoms with Gasteiger partial charge in [0.15, 0.2) is 6.10 Å². The molecule has 31 heavy (non-hydrogen) atoms. The first kappa shape index (κ1) is 21.8. The molecular formula is C24H31FN2O4. The topological polar surface area (TPSA) is 84.5 Å². The summed E-state index contributed by atoms with van der Waals surface area (Å²) in [7, 11) is 0. The minimum atomic E-state index is -1.02. The molecule has 4 aliphatic carbocycles. The summed E-state index contributed by atoms with van der Waals surface area (Å²) in [4.78, 5) is 37.2. The molecule has 2 amide bonds. The van der Waals surface area contributed by atoms with Crippen LogP contribution in [0.4, 0.5) is 10.1 Å². The lowest BCUT2D eigenvalue weighted by atomic mass is 9.49.